The van der Waals surface area contributed by atoms with Crippen LogP contribution in [0.5, 0.6) is 0 Å². The summed E-state index contributed by atoms with van der Waals surface area (Å²) in [5, 5.41) is 3.69. The number of benzene rings is 1. The van der Waals surface area contributed by atoms with E-state index in [0.717, 1.165) is 6.54 Å². The fourth-order valence-electron chi connectivity index (χ4n) is 3.31. The molecule has 21 heavy (non-hydrogen) atoms. The van der Waals surface area contributed by atoms with Crippen LogP contribution < -0.4 is 5.32 Å². The molecule has 2 atom stereocenters. The minimum atomic E-state index is 0.428. The van der Waals surface area contributed by atoms with Crippen LogP contribution in [-0.4, -0.2) is 30.6 Å². The Hall–Kier alpha value is -0.860. The van der Waals surface area contributed by atoms with Crippen molar-refractivity contribution in [1.82, 2.24) is 10.2 Å². The first kappa shape index (κ1) is 16.5. The summed E-state index contributed by atoms with van der Waals surface area (Å²) >= 11 is 0. The van der Waals surface area contributed by atoms with Gasteiger partial charge in [0.2, 0.25) is 0 Å². The highest BCUT2D eigenvalue weighted by Gasteiger charge is 2.31. The summed E-state index contributed by atoms with van der Waals surface area (Å²) in [7, 11) is 0. The molecule has 2 heteroatoms. The van der Waals surface area contributed by atoms with Crippen molar-refractivity contribution in [2.75, 3.05) is 19.6 Å². The number of aryl methyl sites for hydroxylation is 1. The molecular weight excluding hydrogens is 256 g/mol. The lowest BCUT2D eigenvalue weighted by atomic mass is 9.82. The van der Waals surface area contributed by atoms with Crippen LogP contribution in [0.2, 0.25) is 0 Å². The van der Waals surface area contributed by atoms with Gasteiger partial charge in [0.25, 0.3) is 0 Å². The first-order valence-electron chi connectivity index (χ1n) is 8.47. The lowest BCUT2D eigenvalue weighted by molar-refractivity contribution is 0.0833. The number of hydrogen-bond donors (Lipinski definition) is 1. The van der Waals surface area contributed by atoms with E-state index in [1.807, 2.05) is 0 Å². The molecule has 1 aromatic carbocycles. The molecule has 2 nitrogen and oxygen atoms in total. The van der Waals surface area contributed by atoms with Gasteiger partial charge in [-0.05, 0) is 57.3 Å². The van der Waals surface area contributed by atoms with Gasteiger partial charge in [-0.2, -0.15) is 0 Å². The molecule has 0 saturated carbocycles. The molecule has 0 radical (unpaired) electrons. The first-order valence-corrected chi connectivity index (χ1v) is 8.47. The maximum atomic E-state index is 3.69. The quantitative estimate of drug-likeness (QED) is 0.875. The number of nitrogens with one attached hydrogen (secondary N) is 1. The molecule has 0 aromatic heterocycles. The highest BCUT2D eigenvalue weighted by molar-refractivity contribution is 5.25. The third-order valence-corrected chi connectivity index (χ3v) is 5.07. The van der Waals surface area contributed by atoms with Gasteiger partial charge < -0.3 is 5.32 Å². The number of hydrogen-bond acceptors (Lipinski definition) is 2. The molecule has 0 bridgehead atoms. The zero-order valence-electron chi connectivity index (χ0n) is 14.4. The Morgan fingerprint density at radius 3 is 2.24 bits per heavy atom. The Kier molecular flexibility index (Phi) is 5.45. The molecule has 0 aliphatic carbocycles. The Bertz CT molecular complexity index is 425. The van der Waals surface area contributed by atoms with E-state index in [4.69, 9.17) is 0 Å². The summed E-state index contributed by atoms with van der Waals surface area (Å²) < 4.78 is 0. The van der Waals surface area contributed by atoms with E-state index in [1.54, 1.807) is 0 Å². The van der Waals surface area contributed by atoms with Crippen LogP contribution in [0.3, 0.4) is 0 Å². The van der Waals surface area contributed by atoms with Crippen molar-refractivity contribution < 1.29 is 0 Å². The highest BCUT2D eigenvalue weighted by Crippen LogP contribution is 2.32. The van der Waals surface area contributed by atoms with Crippen molar-refractivity contribution in [3.8, 4) is 0 Å². The SMILES string of the molecule is CCNC(c1ccc(C)cc1)C(C)N1CCC(C)(C)CC1. The third-order valence-electron chi connectivity index (χ3n) is 5.07. The second kappa shape index (κ2) is 6.93. The van der Waals surface area contributed by atoms with E-state index < -0.39 is 0 Å². The smallest absolute Gasteiger partial charge is 0.0475 e. The van der Waals surface area contributed by atoms with Gasteiger partial charge in [-0.25, -0.2) is 0 Å². The minimum absolute atomic E-state index is 0.428. The molecule has 0 amide bonds. The summed E-state index contributed by atoms with van der Waals surface area (Å²) in [6, 6.07) is 10.00. The zero-order valence-corrected chi connectivity index (χ0v) is 14.4. The first-order chi connectivity index (χ1) is 9.93. The Morgan fingerprint density at radius 2 is 1.71 bits per heavy atom. The average Bonchev–Trinajstić information content (AvgIpc) is 2.45. The largest absolute Gasteiger partial charge is 0.309 e. The minimum Gasteiger partial charge on any atom is -0.309 e. The summed E-state index contributed by atoms with van der Waals surface area (Å²) in [5.74, 6) is 0. The molecule has 1 aliphatic rings. The fourth-order valence-corrected chi connectivity index (χ4v) is 3.31. The average molecular weight is 288 g/mol. The number of nitrogens with zero attached hydrogens (tertiary/aromatic N) is 1. The van der Waals surface area contributed by atoms with Crippen LogP contribution in [0.25, 0.3) is 0 Å². The van der Waals surface area contributed by atoms with Crippen LogP contribution in [0.15, 0.2) is 24.3 Å². The summed E-state index contributed by atoms with van der Waals surface area (Å²) in [5.41, 5.74) is 3.27. The Morgan fingerprint density at radius 1 is 1.14 bits per heavy atom. The number of likely N-dealkylation sites (tertiary alicyclic amines) is 1. The lowest BCUT2D eigenvalue weighted by Gasteiger charge is -2.42. The topological polar surface area (TPSA) is 15.3 Å². The van der Waals surface area contributed by atoms with E-state index >= 15 is 0 Å². The zero-order chi connectivity index (χ0) is 15.5. The predicted octanol–water partition coefficient (Wildman–Crippen LogP) is 4.16. The van der Waals surface area contributed by atoms with E-state index in [2.05, 4.69) is 69.1 Å². The van der Waals surface area contributed by atoms with Gasteiger partial charge in [0, 0.05) is 12.1 Å². The third kappa shape index (κ3) is 4.31. The van der Waals surface area contributed by atoms with Gasteiger partial charge in [-0.3, -0.25) is 4.90 Å². The van der Waals surface area contributed by atoms with E-state index in [0.29, 0.717) is 17.5 Å². The van der Waals surface area contributed by atoms with Crippen LogP contribution in [0.4, 0.5) is 0 Å². The molecule has 2 rings (SSSR count). The Balaban J connectivity index is 2.09. The van der Waals surface area contributed by atoms with Crippen molar-refractivity contribution in [3.63, 3.8) is 0 Å². The number of likely N-dealkylation sites (N-methyl/N-ethyl adjacent to an activating group) is 1. The van der Waals surface area contributed by atoms with Crippen LogP contribution in [0.1, 0.15) is 57.7 Å². The number of piperidine rings is 1. The molecule has 0 spiro atoms. The molecule has 2 unspecified atom stereocenters. The molecule has 1 aliphatic heterocycles. The van der Waals surface area contributed by atoms with Crippen molar-refractivity contribution in [1.29, 1.82) is 0 Å². The summed E-state index contributed by atoms with van der Waals surface area (Å²) in [4.78, 5) is 2.67. The van der Waals surface area contributed by atoms with Gasteiger partial charge in [-0.15, -0.1) is 0 Å². The summed E-state index contributed by atoms with van der Waals surface area (Å²) in [6.07, 6.45) is 2.62. The second-order valence-corrected chi connectivity index (χ2v) is 7.39. The van der Waals surface area contributed by atoms with Crippen molar-refractivity contribution in [2.45, 2.75) is 59.5 Å². The molecule has 1 aromatic rings. The van der Waals surface area contributed by atoms with Gasteiger partial charge in [0.05, 0.1) is 0 Å². The van der Waals surface area contributed by atoms with E-state index in [-0.39, 0.29) is 0 Å². The molecule has 1 fully saturated rings. The van der Waals surface area contributed by atoms with E-state index in [1.165, 1.54) is 37.1 Å². The summed E-state index contributed by atoms with van der Waals surface area (Å²) in [6.45, 7) is 15.0. The Labute approximate surface area is 130 Å². The van der Waals surface area contributed by atoms with Crippen LogP contribution >= 0.6 is 0 Å². The second-order valence-electron chi connectivity index (χ2n) is 7.39. The number of rotatable bonds is 5. The van der Waals surface area contributed by atoms with Crippen LogP contribution in [-0.2, 0) is 0 Å². The lowest BCUT2D eigenvalue weighted by Crippen LogP contribution is -2.47. The van der Waals surface area contributed by atoms with Crippen LogP contribution in [0, 0.1) is 12.3 Å². The molecule has 1 N–H and O–H groups in total. The van der Waals surface area contributed by atoms with Gasteiger partial charge in [-0.1, -0.05) is 50.6 Å². The molecule has 1 saturated heterocycles. The van der Waals surface area contributed by atoms with Gasteiger partial charge in [0.15, 0.2) is 0 Å². The standard InChI is InChI=1S/C19H32N2/c1-6-20-18(17-9-7-15(2)8-10-17)16(3)21-13-11-19(4,5)12-14-21/h7-10,16,18,20H,6,11-14H2,1-5H3. The van der Waals surface area contributed by atoms with Crippen molar-refractivity contribution in [2.24, 2.45) is 5.41 Å². The normalized spacial score (nSPS) is 22.0. The van der Waals surface area contributed by atoms with E-state index in [9.17, 15) is 0 Å². The van der Waals surface area contributed by atoms with Crippen molar-refractivity contribution >= 4 is 0 Å². The fraction of sp³-hybridized carbons (Fsp3) is 0.684. The predicted molar refractivity (Wildman–Crippen MR) is 91.6 cm³/mol. The van der Waals surface area contributed by atoms with Gasteiger partial charge in [0.1, 0.15) is 0 Å². The molecular formula is C19H32N2. The molecule has 1 heterocycles. The molecule has 118 valence electrons. The maximum absolute atomic E-state index is 3.69. The maximum Gasteiger partial charge on any atom is 0.0475 e. The van der Waals surface area contributed by atoms with Gasteiger partial charge >= 0.3 is 0 Å². The highest BCUT2D eigenvalue weighted by atomic mass is 15.2. The monoisotopic (exact) mass is 288 g/mol. The van der Waals surface area contributed by atoms with Crippen molar-refractivity contribution in [3.05, 3.63) is 35.4 Å².